The number of aromatic nitrogens is 3. The van der Waals surface area contributed by atoms with Gasteiger partial charge in [-0.25, -0.2) is 0 Å². The number of carbonyl (C=O) groups is 1. The van der Waals surface area contributed by atoms with Crippen molar-refractivity contribution in [3.05, 3.63) is 76.5 Å². The SMILES string of the molecule is Cc1ccc(-n2c(SCC(=O)Nc3ccc(Br)cc3C)nnc2-c2ccco2)cc1. The molecule has 8 heteroatoms. The highest BCUT2D eigenvalue weighted by Gasteiger charge is 2.19. The van der Waals surface area contributed by atoms with E-state index < -0.39 is 0 Å². The normalized spacial score (nSPS) is 10.9. The zero-order valence-electron chi connectivity index (χ0n) is 16.4. The number of halogens is 1. The summed E-state index contributed by atoms with van der Waals surface area (Å²) in [5.74, 6) is 1.31. The van der Waals surface area contributed by atoms with Crippen LogP contribution >= 0.6 is 27.7 Å². The number of nitrogens with one attached hydrogen (secondary N) is 1. The maximum absolute atomic E-state index is 12.5. The van der Waals surface area contributed by atoms with Crippen LogP contribution in [-0.2, 0) is 4.79 Å². The fourth-order valence-corrected chi connectivity index (χ4v) is 4.17. The van der Waals surface area contributed by atoms with Gasteiger partial charge in [0.15, 0.2) is 10.9 Å². The van der Waals surface area contributed by atoms with Crippen molar-refractivity contribution in [1.29, 1.82) is 0 Å². The predicted octanol–water partition coefficient (Wildman–Crippen LogP) is 5.64. The highest BCUT2D eigenvalue weighted by atomic mass is 79.9. The van der Waals surface area contributed by atoms with Gasteiger partial charge in [-0.1, -0.05) is 45.4 Å². The molecule has 152 valence electrons. The van der Waals surface area contributed by atoms with E-state index in [2.05, 4.69) is 31.4 Å². The highest BCUT2D eigenvalue weighted by molar-refractivity contribution is 9.10. The molecule has 0 atom stereocenters. The molecule has 0 saturated carbocycles. The Kier molecular flexibility index (Phi) is 6.06. The summed E-state index contributed by atoms with van der Waals surface area (Å²) in [6, 6.07) is 17.5. The van der Waals surface area contributed by atoms with Gasteiger partial charge in [0.2, 0.25) is 11.7 Å². The van der Waals surface area contributed by atoms with E-state index >= 15 is 0 Å². The van der Waals surface area contributed by atoms with Crippen LogP contribution in [-0.4, -0.2) is 26.4 Å². The lowest BCUT2D eigenvalue weighted by Crippen LogP contribution is -2.15. The number of anilines is 1. The molecule has 0 fully saturated rings. The van der Waals surface area contributed by atoms with Crippen LogP contribution in [0.3, 0.4) is 0 Å². The number of benzene rings is 2. The number of rotatable bonds is 6. The molecule has 0 unspecified atom stereocenters. The molecule has 0 aliphatic rings. The highest BCUT2D eigenvalue weighted by Crippen LogP contribution is 2.28. The van der Waals surface area contributed by atoms with Gasteiger partial charge < -0.3 is 9.73 Å². The van der Waals surface area contributed by atoms with Gasteiger partial charge in [-0.15, -0.1) is 10.2 Å². The molecule has 0 aliphatic carbocycles. The molecule has 2 heterocycles. The lowest BCUT2D eigenvalue weighted by Gasteiger charge is -2.11. The molecule has 4 rings (SSSR count). The summed E-state index contributed by atoms with van der Waals surface area (Å²) in [5, 5.41) is 12.2. The predicted molar refractivity (Wildman–Crippen MR) is 122 cm³/mol. The van der Waals surface area contributed by atoms with E-state index in [4.69, 9.17) is 4.42 Å². The second-order valence-electron chi connectivity index (χ2n) is 6.75. The van der Waals surface area contributed by atoms with Crippen LogP contribution in [0.2, 0.25) is 0 Å². The first-order valence-corrected chi connectivity index (χ1v) is 11.0. The van der Waals surface area contributed by atoms with Crippen molar-refractivity contribution in [2.24, 2.45) is 0 Å². The Balaban J connectivity index is 1.56. The van der Waals surface area contributed by atoms with Crippen LogP contribution in [0.4, 0.5) is 5.69 Å². The summed E-state index contributed by atoms with van der Waals surface area (Å²) in [6.45, 7) is 3.99. The van der Waals surface area contributed by atoms with Crippen LogP contribution in [0.25, 0.3) is 17.3 Å². The minimum absolute atomic E-state index is 0.108. The summed E-state index contributed by atoms with van der Waals surface area (Å²) >= 11 is 4.76. The Labute approximate surface area is 186 Å². The summed E-state index contributed by atoms with van der Waals surface area (Å²) in [6.07, 6.45) is 1.60. The molecular weight excluding hydrogens is 464 g/mol. The van der Waals surface area contributed by atoms with Crippen molar-refractivity contribution < 1.29 is 9.21 Å². The van der Waals surface area contributed by atoms with Gasteiger partial charge in [0.25, 0.3) is 0 Å². The van der Waals surface area contributed by atoms with Crippen molar-refractivity contribution in [2.75, 3.05) is 11.1 Å². The smallest absolute Gasteiger partial charge is 0.234 e. The zero-order chi connectivity index (χ0) is 21.1. The van der Waals surface area contributed by atoms with Crippen molar-refractivity contribution in [3.8, 4) is 17.3 Å². The van der Waals surface area contributed by atoms with E-state index in [1.165, 1.54) is 11.8 Å². The van der Waals surface area contributed by atoms with Gasteiger partial charge in [-0.3, -0.25) is 9.36 Å². The lowest BCUT2D eigenvalue weighted by molar-refractivity contribution is -0.113. The first-order chi connectivity index (χ1) is 14.5. The maximum atomic E-state index is 12.5. The number of carbonyl (C=O) groups excluding carboxylic acids is 1. The Hall–Kier alpha value is -2.84. The average molecular weight is 483 g/mol. The molecule has 0 bridgehead atoms. The van der Waals surface area contributed by atoms with E-state index in [0.717, 1.165) is 27.0 Å². The molecule has 4 aromatic rings. The number of furan rings is 1. The van der Waals surface area contributed by atoms with Crippen LogP contribution in [0.1, 0.15) is 11.1 Å². The fraction of sp³-hybridized carbons (Fsp3) is 0.136. The van der Waals surface area contributed by atoms with E-state index in [0.29, 0.717) is 16.7 Å². The zero-order valence-corrected chi connectivity index (χ0v) is 18.8. The number of hydrogen-bond donors (Lipinski definition) is 1. The Morgan fingerprint density at radius 3 is 2.63 bits per heavy atom. The fourth-order valence-electron chi connectivity index (χ4n) is 2.94. The largest absolute Gasteiger partial charge is 0.461 e. The van der Waals surface area contributed by atoms with Crippen molar-refractivity contribution >= 4 is 39.3 Å². The molecule has 0 radical (unpaired) electrons. The molecule has 2 aromatic heterocycles. The summed E-state index contributed by atoms with van der Waals surface area (Å²) < 4.78 is 8.41. The molecule has 0 aliphatic heterocycles. The third-order valence-corrected chi connectivity index (χ3v) is 5.88. The van der Waals surface area contributed by atoms with Gasteiger partial charge in [-0.05, 0) is 61.9 Å². The Morgan fingerprint density at radius 1 is 1.13 bits per heavy atom. The summed E-state index contributed by atoms with van der Waals surface area (Å²) in [7, 11) is 0. The number of nitrogens with zero attached hydrogens (tertiary/aromatic N) is 3. The molecule has 30 heavy (non-hydrogen) atoms. The summed E-state index contributed by atoms with van der Waals surface area (Å²) in [5.41, 5.74) is 3.85. The van der Waals surface area contributed by atoms with E-state index in [1.807, 2.05) is 73.0 Å². The minimum atomic E-state index is -0.108. The van der Waals surface area contributed by atoms with Crippen LogP contribution in [0, 0.1) is 13.8 Å². The molecular formula is C22H19BrN4O2S. The van der Waals surface area contributed by atoms with Crippen molar-refractivity contribution in [1.82, 2.24) is 14.8 Å². The Morgan fingerprint density at radius 2 is 1.93 bits per heavy atom. The molecule has 1 N–H and O–H groups in total. The van der Waals surface area contributed by atoms with Gasteiger partial charge in [0, 0.05) is 15.8 Å². The monoisotopic (exact) mass is 482 g/mol. The molecule has 0 saturated heterocycles. The molecule has 0 spiro atoms. The second-order valence-corrected chi connectivity index (χ2v) is 8.61. The molecule has 6 nitrogen and oxygen atoms in total. The van der Waals surface area contributed by atoms with Gasteiger partial charge in [0.1, 0.15) is 0 Å². The van der Waals surface area contributed by atoms with Crippen LogP contribution in [0.5, 0.6) is 0 Å². The van der Waals surface area contributed by atoms with Gasteiger partial charge in [-0.2, -0.15) is 0 Å². The van der Waals surface area contributed by atoms with Crippen molar-refractivity contribution in [3.63, 3.8) is 0 Å². The standard InChI is InChI=1S/C22H19BrN4O2S/c1-14-5-8-17(9-6-14)27-21(19-4-3-11-29-19)25-26-22(27)30-13-20(28)24-18-10-7-16(23)12-15(18)2/h3-12H,13H2,1-2H3,(H,24,28). The summed E-state index contributed by atoms with van der Waals surface area (Å²) in [4.78, 5) is 12.5. The van der Waals surface area contributed by atoms with Crippen LogP contribution < -0.4 is 5.32 Å². The second kappa shape index (κ2) is 8.89. The van der Waals surface area contributed by atoms with E-state index in [1.54, 1.807) is 6.26 Å². The number of aryl methyl sites for hydroxylation is 2. The third-order valence-electron chi connectivity index (χ3n) is 4.46. The maximum Gasteiger partial charge on any atom is 0.234 e. The topological polar surface area (TPSA) is 73.0 Å². The Bertz CT molecular complexity index is 1170. The molecule has 1 amide bonds. The van der Waals surface area contributed by atoms with Gasteiger partial charge in [0.05, 0.1) is 12.0 Å². The average Bonchev–Trinajstić information content (AvgIpc) is 3.39. The van der Waals surface area contributed by atoms with E-state index in [-0.39, 0.29) is 11.7 Å². The quantitative estimate of drug-likeness (QED) is 0.360. The first-order valence-electron chi connectivity index (χ1n) is 9.26. The number of thioether (sulfide) groups is 1. The first kappa shape index (κ1) is 20.4. The lowest BCUT2D eigenvalue weighted by atomic mass is 10.2. The van der Waals surface area contributed by atoms with Crippen LogP contribution in [0.15, 0.2) is 74.9 Å². The number of amides is 1. The van der Waals surface area contributed by atoms with Gasteiger partial charge >= 0.3 is 0 Å². The number of hydrogen-bond acceptors (Lipinski definition) is 5. The molecule has 2 aromatic carbocycles. The third kappa shape index (κ3) is 4.49. The van der Waals surface area contributed by atoms with E-state index in [9.17, 15) is 4.79 Å². The van der Waals surface area contributed by atoms with Crippen molar-refractivity contribution in [2.45, 2.75) is 19.0 Å². The minimum Gasteiger partial charge on any atom is -0.461 e.